The largest absolute Gasteiger partial charge is 0.506 e. The maximum Gasteiger partial charge on any atom is 0.428 e. The lowest BCUT2D eigenvalue weighted by molar-refractivity contribution is -0.163. The summed E-state index contributed by atoms with van der Waals surface area (Å²) in [7, 11) is 0. The second-order valence-corrected chi connectivity index (χ2v) is 4.08. The van der Waals surface area contributed by atoms with Gasteiger partial charge in [0.25, 0.3) is 0 Å². The zero-order valence-corrected chi connectivity index (χ0v) is 9.32. The zero-order valence-electron chi connectivity index (χ0n) is 7.05. The maximum absolute atomic E-state index is 12.9. The first-order chi connectivity index (χ1) is 6.83. The predicted octanol–water partition coefficient (Wildman–Crippen LogP) is 3.82. The van der Waals surface area contributed by atoms with Gasteiger partial charge < -0.3 is 9.84 Å². The number of phenols is 1. The molecule has 1 rings (SSSR count). The molecule has 1 N–H and O–H groups in total. The Morgan fingerprint density at radius 3 is 2.40 bits per heavy atom. The van der Waals surface area contributed by atoms with Gasteiger partial charge in [0.2, 0.25) is 4.84 Å². The van der Waals surface area contributed by atoms with Crippen LogP contribution in [0.5, 0.6) is 11.5 Å². The van der Waals surface area contributed by atoms with Crippen molar-refractivity contribution < 1.29 is 18.6 Å². The Bertz CT molecular complexity index is 358. The summed E-state index contributed by atoms with van der Waals surface area (Å²) in [6.07, 6.45) is -3.72. The van der Waals surface area contributed by atoms with Crippen LogP contribution in [0.1, 0.15) is 0 Å². The number of halogens is 5. The van der Waals surface area contributed by atoms with Gasteiger partial charge in [0.05, 0.1) is 5.02 Å². The monoisotopic (exact) mass is 276 g/mol. The summed E-state index contributed by atoms with van der Waals surface area (Å²) < 4.78 is 30.0. The van der Waals surface area contributed by atoms with Crippen LogP contribution in [0, 0.1) is 0 Å². The number of aromatic hydroxyl groups is 1. The SMILES string of the molecule is Oc1ccc(OC(F)(F)C(Cl)Cl)cc1Cl. The average molecular weight is 277 g/mol. The second kappa shape index (κ2) is 4.60. The van der Waals surface area contributed by atoms with E-state index in [4.69, 9.17) is 39.9 Å². The molecule has 0 aromatic heterocycles. The lowest BCUT2D eigenvalue weighted by Crippen LogP contribution is -2.32. The van der Waals surface area contributed by atoms with Crippen LogP contribution in [0.4, 0.5) is 8.78 Å². The van der Waals surface area contributed by atoms with Gasteiger partial charge in [0.15, 0.2) is 0 Å². The van der Waals surface area contributed by atoms with Gasteiger partial charge in [0, 0.05) is 6.07 Å². The number of hydrogen-bond acceptors (Lipinski definition) is 2. The molecule has 0 unspecified atom stereocenters. The van der Waals surface area contributed by atoms with E-state index in [0.29, 0.717) is 0 Å². The normalized spacial score (nSPS) is 11.9. The third-order valence-electron chi connectivity index (χ3n) is 1.43. The van der Waals surface area contributed by atoms with Gasteiger partial charge in [-0.15, -0.1) is 0 Å². The number of hydrogen-bond donors (Lipinski definition) is 1. The van der Waals surface area contributed by atoms with Gasteiger partial charge in [0.1, 0.15) is 11.5 Å². The Kier molecular flexibility index (Phi) is 3.87. The van der Waals surface area contributed by atoms with E-state index in [-0.39, 0.29) is 16.5 Å². The molecule has 0 amide bonds. The van der Waals surface area contributed by atoms with Crippen LogP contribution in [-0.2, 0) is 0 Å². The maximum atomic E-state index is 12.9. The summed E-state index contributed by atoms with van der Waals surface area (Å²) in [4.78, 5) is -2.00. The summed E-state index contributed by atoms with van der Waals surface area (Å²) in [5.41, 5.74) is 0. The van der Waals surface area contributed by atoms with Crippen LogP contribution < -0.4 is 4.74 Å². The van der Waals surface area contributed by atoms with Crippen LogP contribution in [0.25, 0.3) is 0 Å². The van der Waals surface area contributed by atoms with Crippen molar-refractivity contribution in [3.05, 3.63) is 23.2 Å². The minimum atomic E-state index is -3.72. The molecule has 0 fully saturated rings. The standard InChI is InChI=1S/C8H5Cl3F2O2/c9-5-3-4(1-2-6(5)14)15-8(12,13)7(10)11/h1-3,7,14H. The van der Waals surface area contributed by atoms with Crippen molar-refractivity contribution in [2.75, 3.05) is 0 Å². The average Bonchev–Trinajstić information content (AvgIpc) is 2.10. The van der Waals surface area contributed by atoms with Crippen molar-refractivity contribution in [3.63, 3.8) is 0 Å². The Morgan fingerprint density at radius 1 is 1.33 bits per heavy atom. The van der Waals surface area contributed by atoms with E-state index in [2.05, 4.69) is 4.74 Å². The Balaban J connectivity index is 2.86. The summed E-state index contributed by atoms with van der Waals surface area (Å²) in [6, 6.07) is 3.26. The summed E-state index contributed by atoms with van der Waals surface area (Å²) in [5.74, 6) is -0.477. The van der Waals surface area contributed by atoms with Crippen molar-refractivity contribution in [3.8, 4) is 11.5 Å². The highest BCUT2D eigenvalue weighted by atomic mass is 35.5. The van der Waals surface area contributed by atoms with Crippen LogP contribution in [0.2, 0.25) is 5.02 Å². The smallest absolute Gasteiger partial charge is 0.428 e. The van der Waals surface area contributed by atoms with Gasteiger partial charge >= 0.3 is 6.11 Å². The molecule has 15 heavy (non-hydrogen) atoms. The molecule has 0 bridgehead atoms. The molecule has 0 aliphatic rings. The predicted molar refractivity (Wildman–Crippen MR) is 54.2 cm³/mol. The van der Waals surface area contributed by atoms with E-state index in [1.165, 1.54) is 0 Å². The fourth-order valence-electron chi connectivity index (χ4n) is 0.753. The van der Waals surface area contributed by atoms with Crippen molar-refractivity contribution in [1.29, 1.82) is 0 Å². The second-order valence-electron chi connectivity index (χ2n) is 2.58. The number of phenolic OH excluding ortho intramolecular Hbond substituents is 1. The molecule has 0 aliphatic carbocycles. The van der Waals surface area contributed by atoms with E-state index in [0.717, 1.165) is 18.2 Å². The molecule has 0 atom stereocenters. The minimum Gasteiger partial charge on any atom is -0.506 e. The van der Waals surface area contributed by atoms with Crippen LogP contribution in [0.3, 0.4) is 0 Å². The molecule has 0 aliphatic heterocycles. The molecule has 2 nitrogen and oxygen atoms in total. The summed E-state index contributed by atoms with van der Waals surface area (Å²) in [5, 5.41) is 8.92. The third kappa shape index (κ3) is 3.26. The van der Waals surface area contributed by atoms with Gasteiger partial charge in [-0.1, -0.05) is 34.8 Å². The molecule has 0 spiro atoms. The zero-order chi connectivity index (χ0) is 11.6. The van der Waals surface area contributed by atoms with Gasteiger partial charge in [-0.25, -0.2) is 0 Å². The molecule has 7 heteroatoms. The highest BCUT2D eigenvalue weighted by molar-refractivity contribution is 6.44. The van der Waals surface area contributed by atoms with Crippen LogP contribution in [0.15, 0.2) is 18.2 Å². The van der Waals surface area contributed by atoms with Crippen molar-refractivity contribution in [2.24, 2.45) is 0 Å². The lowest BCUT2D eigenvalue weighted by atomic mass is 10.3. The first-order valence-electron chi connectivity index (χ1n) is 3.66. The number of benzene rings is 1. The first-order valence-corrected chi connectivity index (χ1v) is 4.91. The Hall–Kier alpha value is -0.450. The molecule has 0 saturated heterocycles. The molecular weight excluding hydrogens is 272 g/mol. The van der Waals surface area contributed by atoms with Crippen molar-refractivity contribution in [1.82, 2.24) is 0 Å². The molecule has 0 heterocycles. The van der Waals surface area contributed by atoms with Gasteiger partial charge in [-0.05, 0) is 12.1 Å². The van der Waals surface area contributed by atoms with E-state index in [1.54, 1.807) is 0 Å². The minimum absolute atomic E-state index is 0.107. The van der Waals surface area contributed by atoms with Crippen LogP contribution in [-0.4, -0.2) is 16.1 Å². The van der Waals surface area contributed by atoms with Crippen LogP contribution >= 0.6 is 34.8 Å². The quantitative estimate of drug-likeness (QED) is 0.851. The Labute approximate surface area is 99.3 Å². The summed E-state index contributed by atoms with van der Waals surface area (Å²) >= 11 is 15.5. The number of alkyl halides is 4. The third-order valence-corrected chi connectivity index (χ3v) is 2.24. The van der Waals surface area contributed by atoms with Crippen molar-refractivity contribution >= 4 is 34.8 Å². The van der Waals surface area contributed by atoms with Gasteiger partial charge in [-0.3, -0.25) is 0 Å². The summed E-state index contributed by atoms with van der Waals surface area (Å²) in [6.45, 7) is 0. The fourth-order valence-corrected chi connectivity index (χ4v) is 1.01. The molecule has 84 valence electrons. The molecule has 1 aromatic carbocycles. The van der Waals surface area contributed by atoms with E-state index in [1.807, 2.05) is 0 Å². The Morgan fingerprint density at radius 2 is 1.93 bits per heavy atom. The fraction of sp³-hybridized carbons (Fsp3) is 0.250. The van der Waals surface area contributed by atoms with Gasteiger partial charge in [-0.2, -0.15) is 8.78 Å². The highest BCUT2D eigenvalue weighted by Gasteiger charge is 2.40. The van der Waals surface area contributed by atoms with E-state index >= 15 is 0 Å². The highest BCUT2D eigenvalue weighted by Crippen LogP contribution is 2.33. The first kappa shape index (κ1) is 12.6. The molecule has 1 aromatic rings. The number of rotatable bonds is 3. The molecule has 0 radical (unpaired) electrons. The van der Waals surface area contributed by atoms with Crippen molar-refractivity contribution in [2.45, 2.75) is 10.9 Å². The molecule has 0 saturated carbocycles. The molecular formula is C8H5Cl3F2O2. The van der Waals surface area contributed by atoms with E-state index < -0.39 is 10.9 Å². The van der Waals surface area contributed by atoms with E-state index in [9.17, 15) is 8.78 Å². The number of ether oxygens (including phenoxy) is 1. The lowest BCUT2D eigenvalue weighted by Gasteiger charge is -2.18. The topological polar surface area (TPSA) is 29.5 Å².